The maximum Gasteiger partial charge on any atom is 0.101 e. The Labute approximate surface area is 105 Å². The van der Waals surface area contributed by atoms with Crippen molar-refractivity contribution in [1.82, 2.24) is 20.7 Å². The average Bonchev–Trinajstić information content (AvgIpc) is 2.56. The standard InChI is InChI=1S/C12H13ClN4/c13-11-10-8-14-5-3-7-17(10)16-12(11)9-4-1-2-6-15-9/h1-2,4,6,8,14,16H,3,5,7H2. The van der Waals surface area contributed by atoms with Gasteiger partial charge in [-0.15, -0.1) is 0 Å². The van der Waals surface area contributed by atoms with Crippen LogP contribution in [0.4, 0.5) is 0 Å². The van der Waals surface area contributed by atoms with Gasteiger partial charge in [-0.25, -0.2) is 0 Å². The molecule has 0 saturated carbocycles. The van der Waals surface area contributed by atoms with Crippen molar-refractivity contribution < 1.29 is 0 Å². The van der Waals surface area contributed by atoms with Gasteiger partial charge in [0.05, 0.1) is 16.4 Å². The molecule has 5 heteroatoms. The normalized spacial score (nSPS) is 19.1. The number of hydrogen-bond acceptors (Lipinski definition) is 4. The van der Waals surface area contributed by atoms with E-state index in [1.165, 1.54) is 0 Å². The Morgan fingerprint density at radius 3 is 3.12 bits per heavy atom. The number of pyridine rings is 1. The Kier molecular flexibility index (Phi) is 2.65. The Morgan fingerprint density at radius 1 is 1.35 bits per heavy atom. The van der Waals surface area contributed by atoms with E-state index in [0.717, 1.165) is 41.6 Å². The third kappa shape index (κ3) is 1.85. The van der Waals surface area contributed by atoms with E-state index in [-0.39, 0.29) is 0 Å². The number of nitrogens with zero attached hydrogens (tertiary/aromatic N) is 2. The molecule has 0 radical (unpaired) electrons. The average molecular weight is 249 g/mol. The fourth-order valence-electron chi connectivity index (χ4n) is 2.00. The molecule has 2 N–H and O–H groups in total. The predicted octanol–water partition coefficient (Wildman–Crippen LogP) is 1.64. The first-order chi connectivity index (χ1) is 8.36. The van der Waals surface area contributed by atoms with Gasteiger partial charge >= 0.3 is 0 Å². The second-order valence-corrected chi connectivity index (χ2v) is 4.38. The molecule has 0 atom stereocenters. The van der Waals surface area contributed by atoms with E-state index in [9.17, 15) is 0 Å². The minimum Gasteiger partial charge on any atom is -0.389 e. The van der Waals surface area contributed by atoms with Crippen LogP contribution in [0.5, 0.6) is 0 Å². The first-order valence-corrected chi connectivity index (χ1v) is 6.03. The van der Waals surface area contributed by atoms with E-state index in [0.29, 0.717) is 0 Å². The van der Waals surface area contributed by atoms with Crippen LogP contribution in [-0.4, -0.2) is 23.1 Å². The predicted molar refractivity (Wildman–Crippen MR) is 67.6 cm³/mol. The summed E-state index contributed by atoms with van der Waals surface area (Å²) in [6.45, 7) is 1.91. The van der Waals surface area contributed by atoms with Crippen LogP contribution < -0.4 is 10.7 Å². The molecule has 17 heavy (non-hydrogen) atoms. The summed E-state index contributed by atoms with van der Waals surface area (Å²) in [5.41, 5.74) is 6.04. The number of halogens is 1. The van der Waals surface area contributed by atoms with Crippen molar-refractivity contribution in [3.63, 3.8) is 0 Å². The maximum absolute atomic E-state index is 6.39. The highest BCUT2D eigenvalue weighted by molar-refractivity contribution is 6.35. The van der Waals surface area contributed by atoms with Gasteiger partial charge < -0.3 is 5.32 Å². The summed E-state index contributed by atoms with van der Waals surface area (Å²) in [7, 11) is 0. The minimum atomic E-state index is 0.720. The van der Waals surface area contributed by atoms with E-state index in [2.05, 4.69) is 20.7 Å². The van der Waals surface area contributed by atoms with Gasteiger partial charge in [-0.2, -0.15) is 0 Å². The summed E-state index contributed by atoms with van der Waals surface area (Å²) < 4.78 is 0. The molecule has 3 heterocycles. The molecular weight excluding hydrogens is 236 g/mol. The third-order valence-electron chi connectivity index (χ3n) is 2.84. The van der Waals surface area contributed by atoms with Crippen LogP contribution in [0.15, 0.2) is 41.3 Å². The summed E-state index contributed by atoms with van der Waals surface area (Å²) in [6, 6.07) is 5.80. The summed E-state index contributed by atoms with van der Waals surface area (Å²) in [5, 5.41) is 6.02. The van der Waals surface area contributed by atoms with Crippen LogP contribution in [0.3, 0.4) is 0 Å². The van der Waals surface area contributed by atoms with Gasteiger partial charge in [0.25, 0.3) is 0 Å². The molecule has 0 aliphatic carbocycles. The second kappa shape index (κ2) is 4.30. The van der Waals surface area contributed by atoms with Crippen molar-refractivity contribution in [3.8, 4) is 0 Å². The Morgan fingerprint density at radius 2 is 2.29 bits per heavy atom. The summed E-state index contributed by atoms with van der Waals surface area (Å²) in [6.07, 6.45) is 4.80. The van der Waals surface area contributed by atoms with Crippen LogP contribution >= 0.6 is 11.6 Å². The lowest BCUT2D eigenvalue weighted by atomic mass is 10.2. The molecule has 1 aromatic rings. The Bertz CT molecular complexity index is 481. The quantitative estimate of drug-likeness (QED) is 0.793. The largest absolute Gasteiger partial charge is 0.389 e. The monoisotopic (exact) mass is 248 g/mol. The van der Waals surface area contributed by atoms with E-state index >= 15 is 0 Å². The number of fused-ring (bicyclic) bond motifs is 1. The maximum atomic E-state index is 6.39. The van der Waals surface area contributed by atoms with Crippen LogP contribution in [-0.2, 0) is 0 Å². The van der Waals surface area contributed by atoms with Gasteiger partial charge in [-0.1, -0.05) is 17.7 Å². The first-order valence-electron chi connectivity index (χ1n) is 5.65. The van der Waals surface area contributed by atoms with Gasteiger partial charge in [0.15, 0.2) is 0 Å². The molecule has 0 aromatic carbocycles. The lowest BCUT2D eigenvalue weighted by Crippen LogP contribution is -2.31. The number of rotatable bonds is 1. The summed E-state index contributed by atoms with van der Waals surface area (Å²) in [5.74, 6) is 0. The second-order valence-electron chi connectivity index (χ2n) is 4.00. The van der Waals surface area contributed by atoms with E-state index < -0.39 is 0 Å². The van der Waals surface area contributed by atoms with Crippen molar-refractivity contribution in [2.24, 2.45) is 0 Å². The molecule has 0 bridgehead atoms. The van der Waals surface area contributed by atoms with Gasteiger partial charge in [-0.3, -0.25) is 15.4 Å². The lowest BCUT2D eigenvalue weighted by molar-refractivity contribution is 0.321. The minimum absolute atomic E-state index is 0.720. The molecule has 2 aliphatic rings. The zero-order chi connectivity index (χ0) is 11.7. The topological polar surface area (TPSA) is 40.2 Å². The molecule has 4 nitrogen and oxygen atoms in total. The van der Waals surface area contributed by atoms with Crippen molar-refractivity contribution in [2.45, 2.75) is 6.42 Å². The Balaban J connectivity index is 1.99. The molecule has 0 unspecified atom stereocenters. The number of allylic oxidation sites excluding steroid dienone is 1. The number of aromatic nitrogens is 1. The van der Waals surface area contributed by atoms with Crippen LogP contribution in [0, 0.1) is 0 Å². The smallest absolute Gasteiger partial charge is 0.101 e. The van der Waals surface area contributed by atoms with Gasteiger partial charge in [0.2, 0.25) is 0 Å². The van der Waals surface area contributed by atoms with E-state index in [1.54, 1.807) is 6.20 Å². The third-order valence-corrected chi connectivity index (χ3v) is 3.23. The molecule has 0 saturated heterocycles. The number of hydrazine groups is 1. The van der Waals surface area contributed by atoms with Crippen molar-refractivity contribution in [3.05, 3.63) is 47.0 Å². The zero-order valence-electron chi connectivity index (χ0n) is 9.28. The fourth-order valence-corrected chi connectivity index (χ4v) is 2.29. The fraction of sp³-hybridized carbons (Fsp3) is 0.250. The summed E-state index contributed by atoms with van der Waals surface area (Å²) in [4.78, 5) is 4.31. The molecule has 2 aliphatic heterocycles. The van der Waals surface area contributed by atoms with Crippen molar-refractivity contribution in [2.75, 3.05) is 13.1 Å². The number of nitrogens with one attached hydrogen (secondary N) is 2. The van der Waals surface area contributed by atoms with Crippen LogP contribution in [0.1, 0.15) is 12.1 Å². The molecule has 88 valence electrons. The lowest BCUT2D eigenvalue weighted by Gasteiger charge is -2.19. The van der Waals surface area contributed by atoms with Crippen LogP contribution in [0.2, 0.25) is 0 Å². The molecule has 0 amide bonds. The molecule has 1 aromatic heterocycles. The SMILES string of the molecule is ClC1=C(c2ccccn2)NN2CCCNC=C12. The number of hydrogen-bond donors (Lipinski definition) is 2. The van der Waals surface area contributed by atoms with Crippen molar-refractivity contribution >= 4 is 17.3 Å². The van der Waals surface area contributed by atoms with E-state index in [1.807, 2.05) is 24.4 Å². The highest BCUT2D eigenvalue weighted by Crippen LogP contribution is 2.32. The van der Waals surface area contributed by atoms with Gasteiger partial charge in [0, 0.05) is 25.5 Å². The summed E-state index contributed by atoms with van der Waals surface area (Å²) >= 11 is 6.39. The van der Waals surface area contributed by atoms with Gasteiger partial charge in [0.1, 0.15) is 5.70 Å². The molecule has 0 fully saturated rings. The van der Waals surface area contributed by atoms with Crippen LogP contribution in [0.25, 0.3) is 5.70 Å². The highest BCUT2D eigenvalue weighted by Gasteiger charge is 2.27. The molecular formula is C12H13ClN4. The highest BCUT2D eigenvalue weighted by atomic mass is 35.5. The van der Waals surface area contributed by atoms with Crippen molar-refractivity contribution in [1.29, 1.82) is 0 Å². The van der Waals surface area contributed by atoms with E-state index in [4.69, 9.17) is 11.6 Å². The zero-order valence-corrected chi connectivity index (χ0v) is 10.0. The molecule has 0 spiro atoms. The first kappa shape index (κ1) is 10.5. The molecule has 3 rings (SSSR count). The Hall–Kier alpha value is -1.68. The van der Waals surface area contributed by atoms with Gasteiger partial charge in [-0.05, 0) is 18.6 Å².